The fraction of sp³-hybridized carbons (Fsp3) is 0.529. The lowest BCUT2D eigenvalue weighted by Gasteiger charge is -2.19. The molecule has 2 aromatic rings. The first-order chi connectivity index (χ1) is 9.99. The van der Waals surface area contributed by atoms with Gasteiger partial charge in [0.1, 0.15) is 0 Å². The molecule has 2 rings (SSSR count). The number of nitrogens with zero attached hydrogens (tertiary/aromatic N) is 3. The lowest BCUT2D eigenvalue weighted by molar-refractivity contribution is 0.589. The van der Waals surface area contributed by atoms with Gasteiger partial charge in [0, 0.05) is 6.20 Å². The third-order valence-corrected chi connectivity index (χ3v) is 3.64. The summed E-state index contributed by atoms with van der Waals surface area (Å²) in [7, 11) is 0. The summed E-state index contributed by atoms with van der Waals surface area (Å²) >= 11 is 0. The molecule has 21 heavy (non-hydrogen) atoms. The molecule has 4 heteroatoms. The van der Waals surface area contributed by atoms with Crippen LogP contribution in [0.5, 0.6) is 0 Å². The first-order valence-corrected chi connectivity index (χ1v) is 7.67. The van der Waals surface area contributed by atoms with E-state index in [4.69, 9.17) is 5.73 Å². The number of hydrogen-bond acceptors (Lipinski definition) is 3. The molecule has 1 aromatic carbocycles. The maximum absolute atomic E-state index is 5.50. The fourth-order valence-corrected chi connectivity index (χ4v) is 2.28. The second kappa shape index (κ2) is 6.85. The molecule has 0 aliphatic heterocycles. The van der Waals surface area contributed by atoms with Crippen LogP contribution in [0.2, 0.25) is 0 Å². The minimum Gasteiger partial charge on any atom is -0.330 e. The van der Waals surface area contributed by atoms with Crippen molar-refractivity contribution in [1.29, 1.82) is 0 Å². The van der Waals surface area contributed by atoms with Crippen molar-refractivity contribution in [2.45, 2.75) is 52.0 Å². The first-order valence-electron chi connectivity index (χ1n) is 7.67. The van der Waals surface area contributed by atoms with Crippen molar-refractivity contribution in [1.82, 2.24) is 15.0 Å². The summed E-state index contributed by atoms with van der Waals surface area (Å²) in [6.07, 6.45) is 5.12. The van der Waals surface area contributed by atoms with Gasteiger partial charge in [0.15, 0.2) is 0 Å². The number of nitrogens with two attached hydrogens (primary N) is 1. The Morgan fingerprint density at radius 2 is 1.81 bits per heavy atom. The van der Waals surface area contributed by atoms with Gasteiger partial charge < -0.3 is 5.73 Å². The highest BCUT2D eigenvalue weighted by Gasteiger charge is 2.12. The van der Waals surface area contributed by atoms with E-state index in [2.05, 4.69) is 55.3 Å². The second-order valence-electron chi connectivity index (χ2n) is 6.60. The monoisotopic (exact) mass is 286 g/mol. The van der Waals surface area contributed by atoms with E-state index in [9.17, 15) is 0 Å². The zero-order valence-corrected chi connectivity index (χ0v) is 13.3. The summed E-state index contributed by atoms with van der Waals surface area (Å²) in [6.45, 7) is 8.20. The molecule has 0 fully saturated rings. The minimum atomic E-state index is 0.196. The third kappa shape index (κ3) is 4.67. The molecule has 0 atom stereocenters. The fourth-order valence-electron chi connectivity index (χ4n) is 2.28. The zero-order chi connectivity index (χ0) is 15.3. The SMILES string of the molecule is CC(C)(C)c1ccc(Cn2cc(CCCCN)nn2)cc1. The van der Waals surface area contributed by atoms with E-state index < -0.39 is 0 Å². The van der Waals surface area contributed by atoms with Gasteiger partial charge in [-0.3, -0.25) is 0 Å². The Balaban J connectivity index is 1.95. The normalized spacial score (nSPS) is 11.8. The summed E-state index contributed by atoms with van der Waals surface area (Å²) in [4.78, 5) is 0. The van der Waals surface area contributed by atoms with Gasteiger partial charge in [0.25, 0.3) is 0 Å². The number of hydrogen-bond donors (Lipinski definition) is 1. The molecule has 0 saturated carbocycles. The van der Waals surface area contributed by atoms with E-state index in [1.807, 2.05) is 10.9 Å². The quantitative estimate of drug-likeness (QED) is 0.831. The lowest BCUT2D eigenvalue weighted by Crippen LogP contribution is -2.11. The molecule has 0 aliphatic rings. The van der Waals surface area contributed by atoms with Gasteiger partial charge in [-0.15, -0.1) is 5.10 Å². The molecule has 0 spiro atoms. The van der Waals surface area contributed by atoms with E-state index in [1.54, 1.807) is 0 Å². The molecular formula is C17H26N4. The molecule has 0 aliphatic carbocycles. The van der Waals surface area contributed by atoms with Crippen molar-refractivity contribution in [3.63, 3.8) is 0 Å². The summed E-state index contributed by atoms with van der Waals surface area (Å²) in [5, 5.41) is 8.41. The highest BCUT2D eigenvalue weighted by molar-refractivity contribution is 5.27. The maximum atomic E-state index is 5.50. The number of rotatable bonds is 6. The summed E-state index contributed by atoms with van der Waals surface area (Å²) in [5.74, 6) is 0. The van der Waals surface area contributed by atoms with Crippen LogP contribution in [0.4, 0.5) is 0 Å². The smallest absolute Gasteiger partial charge is 0.0827 e. The van der Waals surface area contributed by atoms with E-state index >= 15 is 0 Å². The molecule has 0 unspecified atom stereocenters. The highest BCUT2D eigenvalue weighted by atomic mass is 15.4. The predicted molar refractivity (Wildman–Crippen MR) is 86.3 cm³/mol. The van der Waals surface area contributed by atoms with Crippen molar-refractivity contribution >= 4 is 0 Å². The average Bonchev–Trinajstić information content (AvgIpc) is 2.86. The van der Waals surface area contributed by atoms with E-state index in [1.165, 1.54) is 11.1 Å². The Labute approximate surface area is 127 Å². The maximum Gasteiger partial charge on any atom is 0.0827 e. The summed E-state index contributed by atoms with van der Waals surface area (Å²) in [6, 6.07) is 8.76. The molecule has 2 N–H and O–H groups in total. The van der Waals surface area contributed by atoms with Gasteiger partial charge in [-0.25, -0.2) is 4.68 Å². The molecule has 0 saturated heterocycles. The summed E-state index contributed by atoms with van der Waals surface area (Å²) in [5.41, 5.74) is 9.35. The topological polar surface area (TPSA) is 56.7 Å². The molecule has 0 bridgehead atoms. The van der Waals surface area contributed by atoms with Crippen molar-refractivity contribution in [2.24, 2.45) is 5.73 Å². The van der Waals surface area contributed by atoms with Crippen LogP contribution in [0.1, 0.15) is 50.4 Å². The van der Waals surface area contributed by atoms with Gasteiger partial charge in [-0.1, -0.05) is 50.3 Å². The van der Waals surface area contributed by atoms with Crippen molar-refractivity contribution in [2.75, 3.05) is 6.54 Å². The number of benzene rings is 1. The van der Waals surface area contributed by atoms with Crippen molar-refractivity contribution in [3.05, 3.63) is 47.3 Å². The van der Waals surface area contributed by atoms with Crippen LogP contribution in [0.25, 0.3) is 0 Å². The Bertz CT molecular complexity index is 549. The number of unbranched alkanes of at least 4 members (excludes halogenated alkanes) is 1. The molecule has 1 aromatic heterocycles. The Hall–Kier alpha value is -1.68. The van der Waals surface area contributed by atoms with Gasteiger partial charge in [-0.2, -0.15) is 0 Å². The predicted octanol–water partition coefficient (Wildman–Crippen LogP) is 2.91. The standard InChI is InChI=1S/C17H26N4/c1-17(2,3)15-9-7-14(8-10-15)12-21-13-16(19-20-21)6-4-5-11-18/h7-10,13H,4-6,11-12,18H2,1-3H3. The van der Waals surface area contributed by atoms with Crippen LogP contribution < -0.4 is 5.73 Å². The van der Waals surface area contributed by atoms with E-state index in [-0.39, 0.29) is 5.41 Å². The van der Waals surface area contributed by atoms with E-state index in [0.29, 0.717) is 0 Å². The van der Waals surface area contributed by atoms with Crippen LogP contribution in [0.3, 0.4) is 0 Å². The van der Waals surface area contributed by atoms with Gasteiger partial charge >= 0.3 is 0 Å². The summed E-state index contributed by atoms with van der Waals surface area (Å²) < 4.78 is 1.91. The Kier molecular flexibility index (Phi) is 5.12. The zero-order valence-electron chi connectivity index (χ0n) is 13.3. The molecular weight excluding hydrogens is 260 g/mol. The molecule has 114 valence electrons. The highest BCUT2D eigenvalue weighted by Crippen LogP contribution is 2.22. The van der Waals surface area contributed by atoms with Gasteiger partial charge in [0.05, 0.1) is 12.2 Å². The van der Waals surface area contributed by atoms with Crippen LogP contribution in [0, 0.1) is 0 Å². The van der Waals surface area contributed by atoms with E-state index in [0.717, 1.165) is 38.0 Å². The molecule has 4 nitrogen and oxygen atoms in total. The van der Waals surface area contributed by atoms with Crippen LogP contribution in [-0.2, 0) is 18.4 Å². The Morgan fingerprint density at radius 1 is 1.10 bits per heavy atom. The minimum absolute atomic E-state index is 0.196. The third-order valence-electron chi connectivity index (χ3n) is 3.64. The number of aromatic nitrogens is 3. The number of aryl methyl sites for hydroxylation is 1. The molecule has 0 amide bonds. The second-order valence-corrected chi connectivity index (χ2v) is 6.60. The van der Waals surface area contributed by atoms with Crippen LogP contribution in [0.15, 0.2) is 30.5 Å². The first kappa shape index (κ1) is 15.7. The Morgan fingerprint density at radius 3 is 2.43 bits per heavy atom. The molecule has 1 heterocycles. The van der Waals surface area contributed by atoms with Gasteiger partial charge in [0.2, 0.25) is 0 Å². The lowest BCUT2D eigenvalue weighted by atomic mass is 9.87. The van der Waals surface area contributed by atoms with Crippen LogP contribution >= 0.6 is 0 Å². The average molecular weight is 286 g/mol. The molecule has 0 radical (unpaired) electrons. The van der Waals surface area contributed by atoms with Crippen molar-refractivity contribution in [3.8, 4) is 0 Å². The van der Waals surface area contributed by atoms with Gasteiger partial charge in [-0.05, 0) is 42.3 Å². The van der Waals surface area contributed by atoms with Crippen molar-refractivity contribution < 1.29 is 0 Å². The van der Waals surface area contributed by atoms with Crippen LogP contribution in [-0.4, -0.2) is 21.5 Å². The largest absolute Gasteiger partial charge is 0.330 e.